The molecule has 2 saturated carbocycles. The third-order valence-corrected chi connectivity index (χ3v) is 7.26. The van der Waals surface area contributed by atoms with Gasteiger partial charge in [0.2, 0.25) is 5.91 Å². The minimum absolute atomic E-state index is 0.0575. The van der Waals surface area contributed by atoms with Gasteiger partial charge in [0.05, 0.1) is 5.52 Å². The number of benzene rings is 1. The van der Waals surface area contributed by atoms with Gasteiger partial charge >= 0.3 is 5.76 Å². The SMILES string of the molecule is CC1(C)[C@@H]2CC[C@@]1(C)/C(=N/NC(=O)CCn1c(=O)oc3cc(Cl)ccc31)C2. The summed E-state index contributed by atoms with van der Waals surface area (Å²) in [4.78, 5) is 24.3. The molecule has 1 amide bonds. The normalized spacial score (nSPS) is 27.6. The first-order chi connectivity index (χ1) is 12.7. The molecule has 0 saturated heterocycles. The lowest BCUT2D eigenvalue weighted by molar-refractivity contribution is -0.121. The van der Waals surface area contributed by atoms with Gasteiger partial charge in [-0.2, -0.15) is 5.10 Å². The van der Waals surface area contributed by atoms with E-state index >= 15 is 0 Å². The lowest BCUT2D eigenvalue weighted by Crippen LogP contribution is -2.34. The second-order valence-electron chi connectivity index (χ2n) is 8.47. The van der Waals surface area contributed by atoms with Crippen LogP contribution in [0.5, 0.6) is 0 Å². The maximum atomic E-state index is 12.3. The summed E-state index contributed by atoms with van der Waals surface area (Å²) in [5.74, 6) is -0.0588. The highest BCUT2D eigenvalue weighted by Gasteiger charge is 2.59. The Hall–Kier alpha value is -2.08. The molecule has 0 radical (unpaired) electrons. The number of fused-ring (bicyclic) bond motifs is 3. The number of halogens is 1. The third-order valence-electron chi connectivity index (χ3n) is 7.02. The number of oxazole rings is 1. The second kappa shape index (κ2) is 6.23. The zero-order chi connectivity index (χ0) is 19.4. The van der Waals surface area contributed by atoms with Crippen LogP contribution in [0.2, 0.25) is 5.02 Å². The van der Waals surface area contributed by atoms with Crippen molar-refractivity contribution in [2.45, 2.75) is 53.0 Å². The molecular formula is C20H24ClN3O3. The number of nitrogens with zero attached hydrogens (tertiary/aromatic N) is 2. The average Bonchev–Trinajstić information content (AvgIpc) is 3.10. The fourth-order valence-corrected chi connectivity index (χ4v) is 4.91. The largest absolute Gasteiger partial charge is 0.419 e. The molecule has 1 aromatic heterocycles. The van der Waals surface area contributed by atoms with E-state index in [2.05, 4.69) is 31.3 Å². The Bertz CT molecular complexity index is 1000. The number of amides is 1. The smallest absolute Gasteiger partial charge is 0.408 e. The van der Waals surface area contributed by atoms with Crippen LogP contribution in [0.3, 0.4) is 0 Å². The van der Waals surface area contributed by atoms with Crippen molar-refractivity contribution in [1.29, 1.82) is 0 Å². The third kappa shape index (κ3) is 2.81. The van der Waals surface area contributed by atoms with Crippen LogP contribution in [0.4, 0.5) is 0 Å². The first kappa shape index (κ1) is 18.3. The Labute approximate surface area is 162 Å². The van der Waals surface area contributed by atoms with Crippen LogP contribution >= 0.6 is 11.6 Å². The van der Waals surface area contributed by atoms with E-state index in [1.807, 2.05) is 0 Å². The zero-order valence-electron chi connectivity index (χ0n) is 15.8. The van der Waals surface area contributed by atoms with Crippen LogP contribution in [0, 0.1) is 16.7 Å². The minimum Gasteiger partial charge on any atom is -0.408 e. The molecule has 2 aliphatic rings. The van der Waals surface area contributed by atoms with Crippen molar-refractivity contribution in [3.63, 3.8) is 0 Å². The summed E-state index contributed by atoms with van der Waals surface area (Å²) in [5.41, 5.74) is 5.12. The molecule has 2 fully saturated rings. The predicted molar refractivity (Wildman–Crippen MR) is 105 cm³/mol. The monoisotopic (exact) mass is 389 g/mol. The van der Waals surface area contributed by atoms with Gasteiger partial charge < -0.3 is 4.42 Å². The summed E-state index contributed by atoms with van der Waals surface area (Å²) in [6, 6.07) is 5.01. The number of nitrogens with one attached hydrogen (secondary N) is 1. The average molecular weight is 390 g/mol. The number of carbonyl (C=O) groups excluding carboxylic acids is 1. The van der Waals surface area contributed by atoms with Crippen molar-refractivity contribution in [3.05, 3.63) is 33.8 Å². The summed E-state index contributed by atoms with van der Waals surface area (Å²) in [7, 11) is 0. The van der Waals surface area contributed by atoms with Crippen LogP contribution in [-0.4, -0.2) is 16.2 Å². The van der Waals surface area contributed by atoms with E-state index < -0.39 is 5.76 Å². The highest BCUT2D eigenvalue weighted by atomic mass is 35.5. The Balaban J connectivity index is 1.43. The molecule has 0 unspecified atom stereocenters. The van der Waals surface area contributed by atoms with Gasteiger partial charge in [0.1, 0.15) is 0 Å². The van der Waals surface area contributed by atoms with Gasteiger partial charge in [0.15, 0.2) is 5.58 Å². The lowest BCUT2D eigenvalue weighted by Gasteiger charge is -2.34. The van der Waals surface area contributed by atoms with E-state index in [9.17, 15) is 9.59 Å². The molecule has 27 heavy (non-hydrogen) atoms. The minimum atomic E-state index is -0.492. The lowest BCUT2D eigenvalue weighted by atomic mass is 9.70. The number of rotatable bonds is 4. The molecule has 1 N–H and O–H groups in total. The van der Waals surface area contributed by atoms with Crippen molar-refractivity contribution in [2.24, 2.45) is 21.8 Å². The standard InChI is InChI=1S/C20H24ClN3O3/c1-19(2)12-6-8-20(19,3)16(10-12)22-23-17(25)7-9-24-14-5-4-13(21)11-15(14)27-18(24)26/h4-5,11-12H,6-10H2,1-3H3,(H,23,25)/b22-16+/t12-,20+/m1/s1. The van der Waals surface area contributed by atoms with Crippen LogP contribution in [0.1, 0.15) is 46.5 Å². The molecule has 1 aromatic carbocycles. The van der Waals surface area contributed by atoms with E-state index in [1.54, 1.807) is 18.2 Å². The maximum Gasteiger partial charge on any atom is 0.419 e. The molecule has 144 valence electrons. The quantitative estimate of drug-likeness (QED) is 0.804. The van der Waals surface area contributed by atoms with Crippen molar-refractivity contribution < 1.29 is 9.21 Å². The van der Waals surface area contributed by atoms with Crippen molar-refractivity contribution in [3.8, 4) is 0 Å². The summed E-state index contributed by atoms with van der Waals surface area (Å²) in [5, 5.41) is 4.96. The Kier molecular flexibility index (Phi) is 4.22. The molecule has 4 rings (SSSR count). The highest BCUT2D eigenvalue weighted by molar-refractivity contribution is 6.31. The van der Waals surface area contributed by atoms with Crippen LogP contribution in [-0.2, 0) is 11.3 Å². The summed E-state index contributed by atoms with van der Waals surface area (Å²) in [6.07, 6.45) is 3.46. The number of hydrogen-bond acceptors (Lipinski definition) is 4. The predicted octanol–water partition coefficient (Wildman–Crippen LogP) is 3.96. The molecular weight excluding hydrogens is 366 g/mol. The van der Waals surface area contributed by atoms with Crippen LogP contribution in [0.25, 0.3) is 11.1 Å². The molecule has 7 heteroatoms. The van der Waals surface area contributed by atoms with Gasteiger partial charge in [0.25, 0.3) is 0 Å². The highest BCUT2D eigenvalue weighted by Crippen LogP contribution is 2.63. The van der Waals surface area contributed by atoms with Crippen molar-refractivity contribution >= 4 is 34.3 Å². The maximum absolute atomic E-state index is 12.3. The summed E-state index contributed by atoms with van der Waals surface area (Å²) in [6.45, 7) is 7.10. The summed E-state index contributed by atoms with van der Waals surface area (Å²) < 4.78 is 6.63. The summed E-state index contributed by atoms with van der Waals surface area (Å²) >= 11 is 5.92. The van der Waals surface area contributed by atoms with Gasteiger partial charge in [-0.1, -0.05) is 32.4 Å². The number of aromatic nitrogens is 1. The molecule has 1 heterocycles. The van der Waals surface area contributed by atoms with Crippen molar-refractivity contribution in [1.82, 2.24) is 9.99 Å². The molecule has 0 aliphatic heterocycles. The fourth-order valence-electron chi connectivity index (χ4n) is 4.75. The van der Waals surface area contributed by atoms with E-state index in [4.69, 9.17) is 16.0 Å². The molecule has 6 nitrogen and oxygen atoms in total. The molecule has 2 aliphatic carbocycles. The molecule has 0 spiro atoms. The second-order valence-corrected chi connectivity index (χ2v) is 8.91. The van der Waals surface area contributed by atoms with E-state index in [0.717, 1.165) is 18.6 Å². The number of hydrazone groups is 1. The molecule has 2 bridgehead atoms. The first-order valence-electron chi connectivity index (χ1n) is 9.37. The zero-order valence-corrected chi connectivity index (χ0v) is 16.6. The Morgan fingerprint density at radius 1 is 1.41 bits per heavy atom. The fraction of sp³-hybridized carbons (Fsp3) is 0.550. The number of hydrogen-bond donors (Lipinski definition) is 1. The van der Waals surface area contributed by atoms with Gasteiger partial charge in [-0.3, -0.25) is 9.36 Å². The molecule has 2 aromatic rings. The van der Waals surface area contributed by atoms with Gasteiger partial charge in [-0.05, 0) is 42.7 Å². The number of carbonyl (C=O) groups is 1. The van der Waals surface area contributed by atoms with Gasteiger partial charge in [-0.25, -0.2) is 10.2 Å². The topological polar surface area (TPSA) is 76.6 Å². The van der Waals surface area contributed by atoms with Crippen LogP contribution < -0.4 is 11.2 Å². The van der Waals surface area contributed by atoms with Gasteiger partial charge in [-0.15, -0.1) is 0 Å². The van der Waals surface area contributed by atoms with E-state index in [-0.39, 0.29) is 29.7 Å². The Morgan fingerprint density at radius 2 is 2.19 bits per heavy atom. The first-order valence-corrected chi connectivity index (χ1v) is 9.75. The molecule has 2 atom stereocenters. The van der Waals surface area contributed by atoms with E-state index in [1.165, 1.54) is 11.0 Å². The van der Waals surface area contributed by atoms with Gasteiger partial charge in [0, 0.05) is 35.2 Å². The van der Waals surface area contributed by atoms with E-state index in [0.29, 0.717) is 22.0 Å². The Morgan fingerprint density at radius 3 is 2.85 bits per heavy atom. The van der Waals surface area contributed by atoms with Crippen molar-refractivity contribution in [2.75, 3.05) is 0 Å². The number of aryl methyl sites for hydroxylation is 1. The van der Waals surface area contributed by atoms with Crippen LogP contribution in [0.15, 0.2) is 32.5 Å².